The van der Waals surface area contributed by atoms with Gasteiger partial charge in [-0.1, -0.05) is 0 Å². The van der Waals surface area contributed by atoms with Crippen molar-refractivity contribution in [3.05, 3.63) is 54.6 Å². The Morgan fingerprint density at radius 3 is 1.96 bits per heavy atom. The summed E-state index contributed by atoms with van der Waals surface area (Å²) in [7, 11) is 0. The van der Waals surface area contributed by atoms with Gasteiger partial charge in [-0.3, -0.25) is 0 Å². The third kappa shape index (κ3) is 4.67. The fourth-order valence-electron chi connectivity index (χ4n) is 4.59. The van der Waals surface area contributed by atoms with Crippen molar-refractivity contribution in [3.8, 4) is 0 Å². The topological polar surface area (TPSA) is 0 Å². The van der Waals surface area contributed by atoms with E-state index in [0.717, 1.165) is 0 Å². The Hall–Kier alpha value is -0.801. The zero-order valence-electron chi connectivity index (χ0n) is 18.0. The van der Waals surface area contributed by atoms with Gasteiger partial charge in [-0.15, -0.1) is 0 Å². The van der Waals surface area contributed by atoms with Gasteiger partial charge in [0.25, 0.3) is 0 Å². The van der Waals surface area contributed by atoms with Gasteiger partial charge in [-0.25, -0.2) is 0 Å². The van der Waals surface area contributed by atoms with Gasteiger partial charge in [0, 0.05) is 0 Å². The molecule has 0 aliphatic heterocycles. The van der Waals surface area contributed by atoms with Crippen LogP contribution in [0.15, 0.2) is 49.0 Å². The van der Waals surface area contributed by atoms with Crippen LogP contribution in [0.2, 0.25) is 13.3 Å². The first-order chi connectivity index (χ1) is 13.6. The van der Waals surface area contributed by atoms with Crippen molar-refractivity contribution in [1.29, 1.82) is 0 Å². The number of benzene rings is 2. The fraction of sp³-hybridized carbons (Fsp3) is 0.462. The molecule has 3 aromatic rings. The molecule has 0 saturated heterocycles. The number of fused-ring (bicyclic) bond motifs is 3. The van der Waals surface area contributed by atoms with E-state index in [0.29, 0.717) is 0 Å². The summed E-state index contributed by atoms with van der Waals surface area (Å²) in [5.41, 5.74) is 1.45. The molecule has 0 amide bonds. The van der Waals surface area contributed by atoms with Gasteiger partial charge in [0.05, 0.1) is 0 Å². The van der Waals surface area contributed by atoms with E-state index in [1.165, 1.54) is 77.6 Å². The minimum atomic E-state index is -2.45. The molecule has 0 bridgehead atoms. The molecule has 150 valence electrons. The minimum absolute atomic E-state index is 1.32. The summed E-state index contributed by atoms with van der Waals surface area (Å²) in [5, 5.41) is 2.84. The van der Waals surface area contributed by atoms with Crippen LogP contribution in [0.1, 0.15) is 64.9 Å². The molecule has 0 spiro atoms. The number of unbranched alkanes of at least 4 members (excludes halogenated alkanes) is 3. The van der Waals surface area contributed by atoms with E-state index in [4.69, 9.17) is 6.58 Å². The van der Waals surface area contributed by atoms with Gasteiger partial charge in [0.2, 0.25) is 0 Å². The van der Waals surface area contributed by atoms with E-state index in [9.17, 15) is 0 Å². The average molecular weight is 499 g/mol. The zero-order valence-corrected chi connectivity index (χ0v) is 21.7. The van der Waals surface area contributed by atoms with E-state index in [2.05, 4.69) is 63.2 Å². The van der Waals surface area contributed by atoms with Crippen molar-refractivity contribution in [2.75, 3.05) is 0 Å². The molecule has 28 heavy (non-hydrogen) atoms. The van der Waals surface area contributed by atoms with Crippen LogP contribution >= 0.6 is 11.3 Å². The summed E-state index contributed by atoms with van der Waals surface area (Å²) in [4.78, 5) is 0. The second-order valence-electron chi connectivity index (χ2n) is 8.38. The molecule has 0 radical (unpaired) electrons. The van der Waals surface area contributed by atoms with Crippen molar-refractivity contribution in [3.63, 3.8) is 0 Å². The van der Waals surface area contributed by atoms with Crippen LogP contribution in [0.4, 0.5) is 0 Å². The molecule has 0 atom stereocenters. The maximum absolute atomic E-state index is 4.82. The molecule has 3 rings (SSSR count). The summed E-state index contributed by atoms with van der Waals surface area (Å²) in [6, 6.07) is 16.1. The molecule has 0 aliphatic carbocycles. The van der Waals surface area contributed by atoms with Crippen molar-refractivity contribution in [2.45, 2.75) is 72.6 Å². The van der Waals surface area contributed by atoms with Gasteiger partial charge in [0.15, 0.2) is 0 Å². The van der Waals surface area contributed by atoms with Crippen molar-refractivity contribution >= 4 is 53.5 Å². The summed E-state index contributed by atoms with van der Waals surface area (Å²) in [6.07, 6.45) is 8.14. The summed E-state index contributed by atoms with van der Waals surface area (Å²) in [5.74, 6) is 0. The van der Waals surface area contributed by atoms with E-state index in [1.807, 2.05) is 11.3 Å². The quantitative estimate of drug-likeness (QED) is 0.231. The summed E-state index contributed by atoms with van der Waals surface area (Å²) in [6.45, 7) is 11.9. The third-order valence-electron chi connectivity index (χ3n) is 6.39. The van der Waals surface area contributed by atoms with Gasteiger partial charge >= 0.3 is 181 Å². The predicted molar refractivity (Wildman–Crippen MR) is 133 cm³/mol. The predicted octanol–water partition coefficient (Wildman–Crippen LogP) is 9.46. The van der Waals surface area contributed by atoms with Crippen LogP contribution in [0.25, 0.3) is 23.8 Å². The zero-order chi connectivity index (χ0) is 20.0. The first kappa shape index (κ1) is 21.9. The molecule has 2 aromatic carbocycles. The van der Waals surface area contributed by atoms with Crippen molar-refractivity contribution < 1.29 is 0 Å². The molecule has 0 aliphatic rings. The Kier molecular flexibility index (Phi) is 8.05. The molecular weight excluding hydrogens is 463 g/mol. The summed E-state index contributed by atoms with van der Waals surface area (Å²) >= 11 is -0.528. The van der Waals surface area contributed by atoms with Crippen molar-refractivity contribution in [2.24, 2.45) is 0 Å². The third-order valence-corrected chi connectivity index (χ3v) is 23.2. The second kappa shape index (κ2) is 10.3. The van der Waals surface area contributed by atoms with E-state index in [-0.39, 0.29) is 0 Å². The number of hydrogen-bond acceptors (Lipinski definition) is 1. The molecule has 1 heterocycles. The Balaban J connectivity index is 2.03. The van der Waals surface area contributed by atoms with Gasteiger partial charge in [0.1, 0.15) is 0 Å². The molecule has 0 unspecified atom stereocenters. The molecule has 0 nitrogen and oxygen atoms in total. The molecule has 2 heteroatoms. The Bertz CT molecular complexity index is 899. The Morgan fingerprint density at radius 1 is 0.786 bits per heavy atom. The van der Waals surface area contributed by atoms with Crippen LogP contribution in [0, 0.1) is 0 Å². The van der Waals surface area contributed by atoms with Gasteiger partial charge < -0.3 is 0 Å². The number of rotatable bonds is 11. The van der Waals surface area contributed by atoms with Crippen LogP contribution in [0.5, 0.6) is 0 Å². The average Bonchev–Trinajstić information content (AvgIpc) is 3.11. The standard InChI is InChI=1S/C14H9S.3C4H9.Sn/c1-2-10-7-8-14-12(9-10)11-5-3-4-6-13(11)15-14;3*1-3-4-2;/h3-9H,1H2;3*1,3-4H2,2H3;. The van der Waals surface area contributed by atoms with Gasteiger partial charge in [-0.2, -0.15) is 0 Å². The van der Waals surface area contributed by atoms with E-state index in [1.54, 1.807) is 3.59 Å². The number of thiophene rings is 1. The fourth-order valence-corrected chi connectivity index (χ4v) is 21.4. The monoisotopic (exact) mass is 500 g/mol. The SMILES string of the molecule is C=[C](c1ccc2sc3ccccc3c2c1)[Sn]([CH2]CCC)([CH2]CCC)[CH2]CCC. The van der Waals surface area contributed by atoms with Gasteiger partial charge in [-0.05, 0) is 0 Å². The molecule has 0 N–H and O–H groups in total. The first-order valence-electron chi connectivity index (χ1n) is 11.3. The van der Waals surface area contributed by atoms with E-state index >= 15 is 0 Å². The van der Waals surface area contributed by atoms with E-state index < -0.39 is 18.4 Å². The molecule has 1 aromatic heterocycles. The second-order valence-corrected chi connectivity index (χ2v) is 22.8. The maximum atomic E-state index is 4.82. The molecule has 0 saturated carbocycles. The van der Waals surface area contributed by atoms with Crippen LogP contribution < -0.4 is 0 Å². The van der Waals surface area contributed by atoms with Crippen LogP contribution in [-0.2, 0) is 0 Å². The first-order valence-corrected chi connectivity index (χ1v) is 19.6. The molecule has 0 fully saturated rings. The van der Waals surface area contributed by atoms with Crippen LogP contribution in [0.3, 0.4) is 0 Å². The Morgan fingerprint density at radius 2 is 1.36 bits per heavy atom. The number of hydrogen-bond donors (Lipinski definition) is 0. The Labute approximate surface area is 179 Å². The normalized spacial score (nSPS) is 12.1. The summed E-state index contributed by atoms with van der Waals surface area (Å²) < 4.78 is 8.89. The molecular formula is C26H36SSn. The van der Waals surface area contributed by atoms with Crippen LogP contribution in [-0.4, -0.2) is 18.4 Å². The van der Waals surface area contributed by atoms with Crippen molar-refractivity contribution in [1.82, 2.24) is 0 Å².